The van der Waals surface area contributed by atoms with E-state index in [2.05, 4.69) is 4.74 Å². The van der Waals surface area contributed by atoms with Crippen LogP contribution in [0, 0.1) is 0 Å². The average molecular weight is 679 g/mol. The van der Waals surface area contributed by atoms with Gasteiger partial charge in [0.25, 0.3) is 0 Å². The summed E-state index contributed by atoms with van der Waals surface area (Å²) in [5.41, 5.74) is 0. The second-order valence-corrected chi connectivity index (χ2v) is 10.3. The minimum Gasteiger partial charge on any atom is -0.463 e. The van der Waals surface area contributed by atoms with Gasteiger partial charge in [-0.3, -0.25) is 33.6 Å². The van der Waals surface area contributed by atoms with E-state index in [1.165, 1.54) is 0 Å². The maximum absolute atomic E-state index is 12.5. The molecule has 0 N–H and O–H groups in total. The summed E-state index contributed by atoms with van der Waals surface area (Å²) in [5.74, 6) is -6.85. The van der Waals surface area contributed by atoms with Crippen molar-refractivity contribution in [2.75, 3.05) is 19.8 Å². The lowest BCUT2D eigenvalue weighted by Crippen LogP contribution is -2.65. The molecule has 2 aliphatic rings. The number of rotatable bonds is 13. The Morgan fingerprint density at radius 3 is 1.55 bits per heavy atom. The Hall–Kier alpha value is -4.36. The first kappa shape index (κ1) is 38.8. The first-order valence-corrected chi connectivity index (χ1v) is 14.2. The summed E-state index contributed by atoms with van der Waals surface area (Å²) < 4.78 is 59.5. The number of ether oxygens (including phenoxy) is 11. The van der Waals surface area contributed by atoms with Crippen LogP contribution in [0.1, 0.15) is 54.9 Å². The van der Waals surface area contributed by atoms with Crippen LogP contribution in [0.15, 0.2) is 0 Å². The Labute approximate surface area is 268 Å². The molecule has 9 atom stereocenters. The molecular weight excluding hydrogens is 640 g/mol. The zero-order chi connectivity index (χ0) is 35.4. The van der Waals surface area contributed by atoms with Gasteiger partial charge in [0.15, 0.2) is 25.1 Å². The van der Waals surface area contributed by atoms with Crippen LogP contribution in [0.2, 0.25) is 0 Å². The Bertz CT molecular complexity index is 1180. The van der Waals surface area contributed by atoms with Gasteiger partial charge >= 0.3 is 47.8 Å². The number of hydrogen-bond acceptors (Lipinski definition) is 19. The highest BCUT2D eigenvalue weighted by Gasteiger charge is 2.55. The lowest BCUT2D eigenvalue weighted by Gasteiger charge is -2.47. The first-order chi connectivity index (χ1) is 22.0. The van der Waals surface area contributed by atoms with Crippen LogP contribution >= 0.6 is 0 Å². The summed E-state index contributed by atoms with van der Waals surface area (Å²) in [6.45, 7) is 5.61. The van der Waals surface area contributed by atoms with E-state index >= 15 is 0 Å². The second kappa shape index (κ2) is 18.1. The SMILES string of the molecule is CC(=O)OCC(=O)O[C@H]1C[C@@H](COC(C)=O)O[C@H](O[C@H]2[C@H](OC(C)=O)[C@@H](OC(C)=O)[C@@H](OC(C)=O)O[C@@H]2COC(C)=O)[C@@H]1OC(C)=O. The highest BCUT2D eigenvalue weighted by atomic mass is 16.8. The van der Waals surface area contributed by atoms with Crippen molar-refractivity contribution >= 4 is 47.8 Å². The lowest BCUT2D eigenvalue weighted by atomic mass is 9.97. The number of esters is 8. The number of carbonyl (C=O) groups excluding carboxylic acids is 8. The predicted molar refractivity (Wildman–Crippen MR) is 145 cm³/mol. The molecular formula is C28H38O19. The van der Waals surface area contributed by atoms with Crippen molar-refractivity contribution in [3.8, 4) is 0 Å². The summed E-state index contributed by atoms with van der Waals surface area (Å²) in [6.07, 6.45) is -13.9. The van der Waals surface area contributed by atoms with Crippen LogP contribution in [0.4, 0.5) is 0 Å². The van der Waals surface area contributed by atoms with Crippen LogP contribution in [-0.2, 0) is 90.5 Å². The van der Waals surface area contributed by atoms with Crippen molar-refractivity contribution in [3.63, 3.8) is 0 Å². The van der Waals surface area contributed by atoms with Crippen molar-refractivity contribution in [2.24, 2.45) is 0 Å². The van der Waals surface area contributed by atoms with E-state index in [1.807, 2.05) is 0 Å². The Morgan fingerprint density at radius 1 is 0.511 bits per heavy atom. The highest BCUT2D eigenvalue weighted by molar-refractivity contribution is 5.75. The zero-order valence-electron chi connectivity index (χ0n) is 26.8. The summed E-state index contributed by atoms with van der Waals surface area (Å²) in [5, 5.41) is 0. The molecule has 2 heterocycles. The van der Waals surface area contributed by atoms with Gasteiger partial charge in [0.1, 0.15) is 31.5 Å². The standard InChI is InChI=1S/C28H38O19/c1-12(29)37-9-19-8-20(45-22(36)11-39-14(3)31)24(40-15(4)32)27(44-19)47-23-21(10-38-13(2)30)46-28(43-18(7)35)26(42-17(6)34)25(23)41-16(5)33/h19-21,23-28H,8-11H2,1-7H3/t19-,20-,21+,23+,24+,25-,26+,27+,28-/m0/s1. The van der Waals surface area contributed by atoms with Crippen molar-refractivity contribution < 1.29 is 90.5 Å². The van der Waals surface area contributed by atoms with Gasteiger partial charge in [0.2, 0.25) is 12.4 Å². The molecule has 0 bridgehead atoms. The van der Waals surface area contributed by atoms with Crippen molar-refractivity contribution in [2.45, 2.75) is 110 Å². The number of carbonyl (C=O) groups is 8. The Morgan fingerprint density at radius 2 is 1.02 bits per heavy atom. The molecule has 19 heteroatoms. The molecule has 0 saturated carbocycles. The molecule has 0 spiro atoms. The minimum absolute atomic E-state index is 0.215. The maximum atomic E-state index is 12.5. The van der Waals surface area contributed by atoms with E-state index in [4.69, 9.17) is 47.4 Å². The molecule has 2 fully saturated rings. The van der Waals surface area contributed by atoms with Gasteiger partial charge in [-0.05, 0) is 0 Å². The molecule has 19 nitrogen and oxygen atoms in total. The summed E-state index contributed by atoms with van der Waals surface area (Å²) >= 11 is 0. The summed E-state index contributed by atoms with van der Waals surface area (Å²) in [7, 11) is 0. The molecule has 0 amide bonds. The molecule has 0 aliphatic carbocycles. The van der Waals surface area contributed by atoms with Gasteiger partial charge in [-0.15, -0.1) is 0 Å². The molecule has 0 aromatic carbocycles. The predicted octanol–water partition coefficient (Wildman–Crippen LogP) is -0.829. The molecule has 264 valence electrons. The fraction of sp³-hybridized carbons (Fsp3) is 0.714. The van der Waals surface area contributed by atoms with Crippen LogP contribution < -0.4 is 0 Å². The van der Waals surface area contributed by atoms with Crippen LogP contribution in [0.25, 0.3) is 0 Å². The third kappa shape index (κ3) is 13.1. The van der Waals surface area contributed by atoms with E-state index in [1.54, 1.807) is 0 Å². The minimum atomic E-state index is -1.73. The summed E-state index contributed by atoms with van der Waals surface area (Å²) in [4.78, 5) is 95.5. The fourth-order valence-corrected chi connectivity index (χ4v) is 4.55. The molecule has 2 aliphatic heterocycles. The molecule has 47 heavy (non-hydrogen) atoms. The van der Waals surface area contributed by atoms with Gasteiger partial charge in [-0.1, -0.05) is 0 Å². The number of hydrogen-bond donors (Lipinski definition) is 0. The van der Waals surface area contributed by atoms with E-state index in [-0.39, 0.29) is 6.42 Å². The average Bonchev–Trinajstić information content (AvgIpc) is 2.93. The van der Waals surface area contributed by atoms with Crippen molar-refractivity contribution in [1.29, 1.82) is 0 Å². The first-order valence-electron chi connectivity index (χ1n) is 14.2. The quantitative estimate of drug-likeness (QED) is 0.171. The second-order valence-electron chi connectivity index (χ2n) is 10.3. The molecule has 0 aromatic heterocycles. The van der Waals surface area contributed by atoms with E-state index in [0.29, 0.717) is 0 Å². The van der Waals surface area contributed by atoms with E-state index in [0.717, 1.165) is 48.5 Å². The third-order valence-electron chi connectivity index (χ3n) is 6.13. The van der Waals surface area contributed by atoms with Gasteiger partial charge in [0.05, 0.1) is 6.10 Å². The highest BCUT2D eigenvalue weighted by Crippen LogP contribution is 2.34. The van der Waals surface area contributed by atoms with Crippen molar-refractivity contribution in [3.05, 3.63) is 0 Å². The fourth-order valence-electron chi connectivity index (χ4n) is 4.55. The lowest BCUT2D eigenvalue weighted by molar-refractivity contribution is -0.348. The largest absolute Gasteiger partial charge is 0.463 e. The Kier molecular flexibility index (Phi) is 15.0. The maximum Gasteiger partial charge on any atom is 0.344 e. The van der Waals surface area contributed by atoms with Crippen LogP contribution in [0.3, 0.4) is 0 Å². The van der Waals surface area contributed by atoms with E-state index < -0.39 is 123 Å². The summed E-state index contributed by atoms with van der Waals surface area (Å²) in [6, 6.07) is 0. The van der Waals surface area contributed by atoms with Gasteiger partial charge in [0, 0.05) is 54.9 Å². The third-order valence-corrected chi connectivity index (χ3v) is 6.13. The zero-order valence-corrected chi connectivity index (χ0v) is 26.8. The van der Waals surface area contributed by atoms with Crippen LogP contribution in [0.5, 0.6) is 0 Å². The molecule has 0 aromatic rings. The van der Waals surface area contributed by atoms with E-state index in [9.17, 15) is 38.4 Å². The van der Waals surface area contributed by atoms with Gasteiger partial charge in [-0.25, -0.2) is 4.79 Å². The smallest absolute Gasteiger partial charge is 0.344 e. The molecule has 2 saturated heterocycles. The van der Waals surface area contributed by atoms with Gasteiger partial charge in [-0.2, -0.15) is 0 Å². The Balaban J connectivity index is 2.61. The normalized spacial score (nSPS) is 28.4. The molecule has 0 radical (unpaired) electrons. The van der Waals surface area contributed by atoms with Gasteiger partial charge < -0.3 is 52.1 Å². The topological polar surface area (TPSA) is 238 Å². The molecule has 0 unspecified atom stereocenters. The van der Waals surface area contributed by atoms with Crippen molar-refractivity contribution in [1.82, 2.24) is 0 Å². The molecule has 2 rings (SSSR count). The monoisotopic (exact) mass is 678 g/mol. The van der Waals surface area contributed by atoms with Crippen LogP contribution in [-0.4, -0.2) is 123 Å².